The zero-order valence-electron chi connectivity index (χ0n) is 11.0. The van der Waals surface area contributed by atoms with Crippen LogP contribution in [0.25, 0.3) is 0 Å². The molecule has 1 unspecified atom stereocenters. The molecule has 0 fully saturated rings. The molecule has 0 aliphatic carbocycles. The largest absolute Gasteiger partial charge is 0.324 e. The molecule has 0 aliphatic rings. The van der Waals surface area contributed by atoms with Gasteiger partial charge in [-0.3, -0.25) is 0 Å². The number of halogens is 1. The number of thiophene rings is 1. The number of rotatable bonds is 3. The molecule has 2 aromatic rings. The van der Waals surface area contributed by atoms with Gasteiger partial charge in [0.05, 0.1) is 3.79 Å². The summed E-state index contributed by atoms with van der Waals surface area (Å²) in [4.78, 5) is 1.33. The lowest BCUT2D eigenvalue weighted by Crippen LogP contribution is -2.15. The molecule has 2 N–H and O–H groups in total. The van der Waals surface area contributed by atoms with Gasteiger partial charge in [-0.1, -0.05) is 17.7 Å². The molecule has 1 aromatic heterocycles. The molecule has 0 bridgehead atoms. The molecule has 18 heavy (non-hydrogen) atoms. The molecule has 1 nitrogen and oxygen atoms in total. The highest BCUT2D eigenvalue weighted by Gasteiger charge is 2.14. The van der Waals surface area contributed by atoms with E-state index in [2.05, 4.69) is 61.0 Å². The Morgan fingerprint density at radius 3 is 2.28 bits per heavy atom. The SMILES string of the molecule is Cc1cc(C)c(C(N)Cc2ccc(Br)s2)c(C)c1. The molecule has 0 amide bonds. The molecule has 3 heteroatoms. The van der Waals surface area contributed by atoms with Crippen LogP contribution in [0.15, 0.2) is 28.1 Å². The van der Waals surface area contributed by atoms with Gasteiger partial charge in [0.15, 0.2) is 0 Å². The second-order valence-electron chi connectivity index (χ2n) is 4.83. The van der Waals surface area contributed by atoms with Crippen LogP contribution in [0.5, 0.6) is 0 Å². The van der Waals surface area contributed by atoms with E-state index in [1.165, 1.54) is 30.9 Å². The quantitative estimate of drug-likeness (QED) is 0.872. The summed E-state index contributed by atoms with van der Waals surface area (Å²) >= 11 is 5.26. The van der Waals surface area contributed by atoms with Crippen LogP contribution >= 0.6 is 27.3 Å². The maximum Gasteiger partial charge on any atom is 0.0701 e. The first kappa shape index (κ1) is 13.8. The van der Waals surface area contributed by atoms with Crippen LogP contribution < -0.4 is 5.73 Å². The van der Waals surface area contributed by atoms with E-state index < -0.39 is 0 Å². The van der Waals surface area contributed by atoms with E-state index in [1.54, 1.807) is 11.3 Å². The number of benzene rings is 1. The molecule has 1 atom stereocenters. The zero-order valence-corrected chi connectivity index (χ0v) is 13.4. The molecule has 0 saturated carbocycles. The van der Waals surface area contributed by atoms with Gasteiger partial charge in [-0.15, -0.1) is 11.3 Å². The Morgan fingerprint density at radius 1 is 1.17 bits per heavy atom. The third-order valence-electron chi connectivity index (χ3n) is 3.16. The predicted molar refractivity (Wildman–Crippen MR) is 83.3 cm³/mol. The van der Waals surface area contributed by atoms with Crippen LogP contribution in [0.3, 0.4) is 0 Å². The first-order chi connectivity index (χ1) is 8.47. The van der Waals surface area contributed by atoms with Crippen LogP contribution in [-0.2, 0) is 6.42 Å². The third kappa shape index (κ3) is 3.02. The van der Waals surface area contributed by atoms with E-state index in [1.807, 2.05) is 0 Å². The topological polar surface area (TPSA) is 26.0 Å². The molecule has 0 radical (unpaired) electrons. The van der Waals surface area contributed by atoms with Crippen molar-refractivity contribution in [2.75, 3.05) is 0 Å². The smallest absolute Gasteiger partial charge is 0.0701 e. The minimum atomic E-state index is 0.0798. The van der Waals surface area contributed by atoms with Crippen molar-refractivity contribution in [1.29, 1.82) is 0 Å². The third-order valence-corrected chi connectivity index (χ3v) is 4.80. The van der Waals surface area contributed by atoms with Crippen LogP contribution in [0, 0.1) is 20.8 Å². The summed E-state index contributed by atoms with van der Waals surface area (Å²) in [5.41, 5.74) is 11.6. The van der Waals surface area contributed by atoms with Gasteiger partial charge < -0.3 is 5.73 Å². The summed E-state index contributed by atoms with van der Waals surface area (Å²) in [7, 11) is 0. The monoisotopic (exact) mass is 323 g/mol. The van der Waals surface area contributed by atoms with Crippen molar-refractivity contribution in [1.82, 2.24) is 0 Å². The first-order valence-electron chi connectivity index (χ1n) is 6.05. The van der Waals surface area contributed by atoms with Crippen molar-refractivity contribution in [2.45, 2.75) is 33.2 Å². The van der Waals surface area contributed by atoms with E-state index in [9.17, 15) is 0 Å². The number of hydrogen-bond acceptors (Lipinski definition) is 2. The highest BCUT2D eigenvalue weighted by Crippen LogP contribution is 2.29. The van der Waals surface area contributed by atoms with Gasteiger partial charge in [-0.2, -0.15) is 0 Å². The Balaban J connectivity index is 2.26. The highest BCUT2D eigenvalue weighted by atomic mass is 79.9. The lowest BCUT2D eigenvalue weighted by molar-refractivity contribution is 0.718. The van der Waals surface area contributed by atoms with Gasteiger partial charge in [0.2, 0.25) is 0 Å². The van der Waals surface area contributed by atoms with E-state index in [4.69, 9.17) is 5.73 Å². The highest BCUT2D eigenvalue weighted by molar-refractivity contribution is 9.11. The first-order valence-corrected chi connectivity index (χ1v) is 7.66. The van der Waals surface area contributed by atoms with Crippen molar-refractivity contribution >= 4 is 27.3 Å². The molecule has 2 rings (SSSR count). The Labute approximate surface area is 121 Å². The minimum Gasteiger partial charge on any atom is -0.324 e. The van der Waals surface area contributed by atoms with Crippen LogP contribution in [0.4, 0.5) is 0 Å². The number of aryl methyl sites for hydroxylation is 3. The Kier molecular flexibility index (Phi) is 4.25. The van der Waals surface area contributed by atoms with Gasteiger partial charge in [0, 0.05) is 17.3 Å². The fourth-order valence-electron chi connectivity index (χ4n) is 2.56. The molecule has 1 aromatic carbocycles. The Morgan fingerprint density at radius 2 is 1.78 bits per heavy atom. The average Bonchev–Trinajstić information content (AvgIpc) is 2.62. The summed E-state index contributed by atoms with van der Waals surface area (Å²) < 4.78 is 1.17. The average molecular weight is 324 g/mol. The molecule has 0 aliphatic heterocycles. The summed E-state index contributed by atoms with van der Waals surface area (Å²) in [6, 6.07) is 8.74. The second kappa shape index (κ2) is 5.55. The van der Waals surface area contributed by atoms with Crippen LogP contribution in [0.2, 0.25) is 0 Å². The van der Waals surface area contributed by atoms with Gasteiger partial charge in [0.1, 0.15) is 0 Å². The fourth-order valence-corrected chi connectivity index (χ4v) is 4.10. The molecule has 0 spiro atoms. The van der Waals surface area contributed by atoms with E-state index >= 15 is 0 Å². The summed E-state index contributed by atoms with van der Waals surface area (Å²) in [6.07, 6.45) is 0.904. The molecule has 0 saturated heterocycles. The van der Waals surface area contributed by atoms with Crippen molar-refractivity contribution in [3.05, 3.63) is 55.2 Å². The molecule has 1 heterocycles. The second-order valence-corrected chi connectivity index (χ2v) is 7.38. The maximum atomic E-state index is 6.38. The van der Waals surface area contributed by atoms with E-state index in [-0.39, 0.29) is 6.04 Å². The van der Waals surface area contributed by atoms with Crippen molar-refractivity contribution < 1.29 is 0 Å². The summed E-state index contributed by atoms with van der Waals surface area (Å²) in [5, 5.41) is 0. The lowest BCUT2D eigenvalue weighted by Gasteiger charge is -2.17. The maximum absolute atomic E-state index is 6.38. The van der Waals surface area contributed by atoms with E-state index in [0.717, 1.165) is 6.42 Å². The van der Waals surface area contributed by atoms with Gasteiger partial charge in [-0.25, -0.2) is 0 Å². The fraction of sp³-hybridized carbons (Fsp3) is 0.333. The summed E-state index contributed by atoms with van der Waals surface area (Å²) in [6.45, 7) is 6.44. The number of hydrogen-bond donors (Lipinski definition) is 1. The van der Waals surface area contributed by atoms with Crippen molar-refractivity contribution in [3.63, 3.8) is 0 Å². The van der Waals surface area contributed by atoms with Gasteiger partial charge in [-0.05, 0) is 65.5 Å². The normalized spacial score (nSPS) is 12.7. The molecule has 96 valence electrons. The minimum absolute atomic E-state index is 0.0798. The summed E-state index contributed by atoms with van der Waals surface area (Å²) in [5.74, 6) is 0. The van der Waals surface area contributed by atoms with Crippen molar-refractivity contribution in [3.8, 4) is 0 Å². The Hall–Kier alpha value is -0.640. The Bertz CT molecular complexity index is 536. The van der Waals surface area contributed by atoms with Crippen LogP contribution in [-0.4, -0.2) is 0 Å². The zero-order chi connectivity index (χ0) is 13.3. The molecular weight excluding hydrogens is 306 g/mol. The number of nitrogens with two attached hydrogens (primary N) is 1. The standard InChI is InChI=1S/C15H18BrNS/c1-9-6-10(2)15(11(3)7-9)13(17)8-12-4-5-14(16)18-12/h4-7,13H,8,17H2,1-3H3. The van der Waals surface area contributed by atoms with Crippen molar-refractivity contribution in [2.24, 2.45) is 5.73 Å². The predicted octanol–water partition coefficient (Wildman–Crippen LogP) is 4.68. The van der Waals surface area contributed by atoms with Crippen LogP contribution in [0.1, 0.15) is 33.2 Å². The van der Waals surface area contributed by atoms with E-state index in [0.29, 0.717) is 0 Å². The molecular formula is C15H18BrNS. The van der Waals surface area contributed by atoms with Gasteiger partial charge >= 0.3 is 0 Å². The van der Waals surface area contributed by atoms with Gasteiger partial charge in [0.25, 0.3) is 0 Å². The lowest BCUT2D eigenvalue weighted by atomic mass is 9.92.